The van der Waals surface area contributed by atoms with E-state index in [2.05, 4.69) is 26.1 Å². The van der Waals surface area contributed by atoms with E-state index in [-0.39, 0.29) is 5.78 Å². The quantitative estimate of drug-likeness (QED) is 0.337. The minimum Gasteiger partial charge on any atom is -0.287 e. The molecule has 3 aromatic rings. The summed E-state index contributed by atoms with van der Waals surface area (Å²) in [4.78, 5) is 12.8. The molecular weight excluding hydrogens is 376 g/mol. The highest BCUT2D eigenvalue weighted by atomic mass is 79.9. The second kappa shape index (κ2) is 8.31. The Morgan fingerprint density at radius 3 is 2.08 bits per heavy atom. The summed E-state index contributed by atoms with van der Waals surface area (Å²) in [5.74, 6) is -0.154. The Kier molecular flexibility index (Phi) is 5.65. The van der Waals surface area contributed by atoms with E-state index in [0.717, 1.165) is 15.6 Å². The lowest BCUT2D eigenvalue weighted by Gasteiger charge is -2.04. The highest BCUT2D eigenvalue weighted by molar-refractivity contribution is 9.10. The Morgan fingerprint density at radius 2 is 1.44 bits per heavy atom. The molecule has 0 saturated carbocycles. The normalized spacial score (nSPS) is 11.6. The summed E-state index contributed by atoms with van der Waals surface area (Å²) in [5, 5.41) is 8.34. The third-order valence-corrected chi connectivity index (χ3v) is 4.00. The van der Waals surface area contributed by atoms with Crippen molar-refractivity contribution in [2.24, 2.45) is 10.2 Å². The van der Waals surface area contributed by atoms with Crippen LogP contribution in [0.5, 0.6) is 0 Å². The summed E-state index contributed by atoms with van der Waals surface area (Å²) >= 11 is 3.42. The number of nitrogens with zero attached hydrogens (tertiary/aromatic N) is 2. The van der Waals surface area contributed by atoms with E-state index >= 15 is 0 Å². The zero-order valence-corrected chi connectivity index (χ0v) is 14.9. The van der Waals surface area contributed by atoms with Crippen LogP contribution in [0.15, 0.2) is 99.6 Å². The van der Waals surface area contributed by atoms with Gasteiger partial charge in [0.25, 0.3) is 0 Å². The third-order valence-electron chi connectivity index (χ3n) is 3.51. The molecular formula is C21H15BrN2O. The lowest BCUT2D eigenvalue weighted by atomic mass is 10.0. The minimum absolute atomic E-state index is 0.154. The molecule has 0 N–H and O–H groups in total. The summed E-state index contributed by atoms with van der Waals surface area (Å²) in [6.07, 6.45) is 1.63. The third kappa shape index (κ3) is 4.58. The van der Waals surface area contributed by atoms with Gasteiger partial charge < -0.3 is 0 Å². The predicted molar refractivity (Wildman–Crippen MR) is 105 cm³/mol. The first-order valence-corrected chi connectivity index (χ1v) is 8.55. The number of carbonyl (C=O) groups is 1. The summed E-state index contributed by atoms with van der Waals surface area (Å²) in [7, 11) is 0. The van der Waals surface area contributed by atoms with Crippen molar-refractivity contribution in [1.29, 1.82) is 0 Å². The molecule has 0 aliphatic rings. The van der Waals surface area contributed by atoms with Crippen molar-refractivity contribution in [2.75, 3.05) is 0 Å². The number of rotatable bonds is 5. The Hall–Kier alpha value is -2.85. The first kappa shape index (κ1) is 17.0. The molecule has 0 aliphatic carbocycles. The molecule has 0 radical (unpaired) electrons. The Balaban J connectivity index is 1.95. The zero-order chi connectivity index (χ0) is 17.5. The van der Waals surface area contributed by atoms with Crippen LogP contribution in [0, 0.1) is 0 Å². The Morgan fingerprint density at radius 1 is 0.800 bits per heavy atom. The van der Waals surface area contributed by atoms with Gasteiger partial charge in [-0.2, -0.15) is 5.10 Å². The van der Waals surface area contributed by atoms with Crippen molar-refractivity contribution < 1.29 is 4.79 Å². The maximum atomic E-state index is 12.8. The number of halogens is 1. The van der Waals surface area contributed by atoms with Gasteiger partial charge in [0, 0.05) is 15.6 Å². The van der Waals surface area contributed by atoms with Crippen molar-refractivity contribution in [3.63, 3.8) is 0 Å². The van der Waals surface area contributed by atoms with Gasteiger partial charge in [0.2, 0.25) is 5.78 Å². The highest BCUT2D eigenvalue weighted by Crippen LogP contribution is 2.11. The molecule has 25 heavy (non-hydrogen) atoms. The van der Waals surface area contributed by atoms with Crippen molar-refractivity contribution in [1.82, 2.24) is 0 Å². The summed E-state index contributed by atoms with van der Waals surface area (Å²) in [6.45, 7) is 0. The molecule has 0 aromatic heterocycles. The van der Waals surface area contributed by atoms with Crippen molar-refractivity contribution in [3.8, 4) is 0 Å². The van der Waals surface area contributed by atoms with Gasteiger partial charge in [-0.3, -0.25) is 4.79 Å². The number of hydrogen-bond donors (Lipinski definition) is 0. The molecule has 0 amide bonds. The maximum Gasteiger partial charge on any atom is 0.213 e. The highest BCUT2D eigenvalue weighted by Gasteiger charge is 2.15. The summed E-state index contributed by atoms with van der Waals surface area (Å²) < 4.78 is 0.962. The first-order chi connectivity index (χ1) is 12.2. The van der Waals surface area contributed by atoms with Crippen LogP contribution in [0.4, 0.5) is 0 Å². The standard InChI is InChI=1S/C21H15BrN2O/c22-19-13-7-8-16(14-19)15-23-24-20(17-9-3-1-4-10-17)21(25)18-11-5-2-6-12-18/h1-15H/b23-15-,24-20-. The number of hydrogen-bond acceptors (Lipinski definition) is 3. The minimum atomic E-state index is -0.154. The van der Waals surface area contributed by atoms with Crippen molar-refractivity contribution in [2.45, 2.75) is 0 Å². The lowest BCUT2D eigenvalue weighted by Crippen LogP contribution is -2.15. The van der Waals surface area contributed by atoms with Crippen LogP contribution < -0.4 is 0 Å². The van der Waals surface area contributed by atoms with E-state index in [1.54, 1.807) is 18.3 Å². The molecule has 122 valence electrons. The molecule has 0 spiro atoms. The molecule has 3 nitrogen and oxygen atoms in total. The number of ketones is 1. The van der Waals surface area contributed by atoms with Gasteiger partial charge in [-0.15, -0.1) is 5.10 Å². The fraction of sp³-hybridized carbons (Fsp3) is 0. The van der Waals surface area contributed by atoms with E-state index in [1.807, 2.05) is 72.8 Å². The molecule has 0 unspecified atom stereocenters. The van der Waals surface area contributed by atoms with E-state index in [0.29, 0.717) is 11.3 Å². The smallest absolute Gasteiger partial charge is 0.213 e. The van der Waals surface area contributed by atoms with Gasteiger partial charge in [-0.05, 0) is 17.7 Å². The molecule has 0 atom stereocenters. The van der Waals surface area contributed by atoms with E-state index in [4.69, 9.17) is 0 Å². The molecule has 0 heterocycles. The van der Waals surface area contributed by atoms with Crippen molar-refractivity contribution >= 4 is 33.6 Å². The molecule has 0 saturated heterocycles. The van der Waals surface area contributed by atoms with E-state index in [9.17, 15) is 4.79 Å². The van der Waals surface area contributed by atoms with Crippen LogP contribution in [0.2, 0.25) is 0 Å². The molecule has 4 heteroatoms. The van der Waals surface area contributed by atoms with Crippen LogP contribution in [0.1, 0.15) is 21.5 Å². The Bertz CT molecular complexity index is 919. The molecule has 3 aromatic carbocycles. The van der Waals surface area contributed by atoms with Gasteiger partial charge in [-0.1, -0.05) is 88.7 Å². The molecule has 3 rings (SSSR count). The van der Waals surface area contributed by atoms with Gasteiger partial charge in [-0.25, -0.2) is 0 Å². The molecule has 0 aliphatic heterocycles. The molecule has 0 fully saturated rings. The van der Waals surface area contributed by atoms with Crippen LogP contribution in [-0.2, 0) is 0 Å². The van der Waals surface area contributed by atoms with Crippen LogP contribution in [-0.4, -0.2) is 17.7 Å². The van der Waals surface area contributed by atoms with Crippen LogP contribution in [0.25, 0.3) is 0 Å². The van der Waals surface area contributed by atoms with Gasteiger partial charge in [0.1, 0.15) is 5.71 Å². The number of benzene rings is 3. The summed E-state index contributed by atoms with van der Waals surface area (Å²) in [5.41, 5.74) is 2.54. The first-order valence-electron chi connectivity index (χ1n) is 7.76. The SMILES string of the molecule is O=C(/C(=N\N=C/c1cccc(Br)c1)c1ccccc1)c1ccccc1. The van der Waals surface area contributed by atoms with Crippen molar-refractivity contribution in [3.05, 3.63) is 106 Å². The second-order valence-corrected chi connectivity index (χ2v) is 6.23. The van der Waals surface area contributed by atoms with E-state index < -0.39 is 0 Å². The summed E-state index contributed by atoms with van der Waals surface area (Å²) in [6, 6.07) is 26.2. The number of carbonyl (C=O) groups excluding carboxylic acids is 1. The fourth-order valence-electron chi connectivity index (χ4n) is 2.30. The van der Waals surface area contributed by atoms with Gasteiger partial charge in [0.15, 0.2) is 0 Å². The average molecular weight is 391 g/mol. The Labute approximate surface area is 154 Å². The topological polar surface area (TPSA) is 41.8 Å². The lowest BCUT2D eigenvalue weighted by molar-refractivity contribution is 0.106. The zero-order valence-electron chi connectivity index (χ0n) is 13.3. The van der Waals surface area contributed by atoms with Gasteiger partial charge >= 0.3 is 0 Å². The maximum absolute atomic E-state index is 12.8. The van der Waals surface area contributed by atoms with Gasteiger partial charge in [0.05, 0.1) is 6.21 Å². The van der Waals surface area contributed by atoms with Crippen LogP contribution >= 0.6 is 15.9 Å². The number of Topliss-reactive ketones (excluding diaryl/α,β-unsaturated/α-hetero) is 1. The van der Waals surface area contributed by atoms with E-state index in [1.165, 1.54) is 0 Å². The largest absolute Gasteiger partial charge is 0.287 e. The molecule has 0 bridgehead atoms. The fourth-order valence-corrected chi connectivity index (χ4v) is 2.71. The second-order valence-electron chi connectivity index (χ2n) is 5.31. The average Bonchev–Trinajstić information content (AvgIpc) is 2.66. The van der Waals surface area contributed by atoms with Crippen LogP contribution in [0.3, 0.4) is 0 Å². The monoisotopic (exact) mass is 390 g/mol. The predicted octanol–water partition coefficient (Wildman–Crippen LogP) is 5.16.